The molecule has 2 aromatic heterocycles. The van der Waals surface area contributed by atoms with Crippen LogP contribution in [-0.4, -0.2) is 98.0 Å². The molecule has 1 amide bonds. The second-order valence-corrected chi connectivity index (χ2v) is 8.16. The SMILES string of the molecule is CCn1c(Cn2cccn2)nnc1C1CCN(CC(=O)N2CCN(C)CC2)CC1. The Morgan fingerprint density at radius 2 is 1.86 bits per heavy atom. The lowest BCUT2D eigenvalue weighted by Crippen LogP contribution is -2.50. The number of carbonyl (C=O) groups excluding carboxylic acids is 1. The van der Waals surface area contributed by atoms with Crippen molar-refractivity contribution in [3.05, 3.63) is 30.1 Å². The van der Waals surface area contributed by atoms with Gasteiger partial charge in [-0.05, 0) is 46.0 Å². The predicted molar refractivity (Wildman–Crippen MR) is 110 cm³/mol. The van der Waals surface area contributed by atoms with Crippen LogP contribution >= 0.6 is 0 Å². The van der Waals surface area contributed by atoms with Crippen LogP contribution in [0.1, 0.15) is 37.3 Å². The van der Waals surface area contributed by atoms with E-state index in [9.17, 15) is 4.79 Å². The van der Waals surface area contributed by atoms with Gasteiger partial charge in [-0.15, -0.1) is 10.2 Å². The van der Waals surface area contributed by atoms with Gasteiger partial charge in [0.1, 0.15) is 12.4 Å². The molecule has 158 valence electrons. The zero-order valence-electron chi connectivity index (χ0n) is 17.6. The van der Waals surface area contributed by atoms with E-state index in [2.05, 4.69) is 43.6 Å². The predicted octanol–water partition coefficient (Wildman–Crippen LogP) is 0.496. The minimum absolute atomic E-state index is 0.273. The Bertz CT molecular complexity index is 786. The van der Waals surface area contributed by atoms with Gasteiger partial charge in [0.05, 0.1) is 6.54 Å². The molecular weight excluding hydrogens is 368 g/mol. The Hall–Kier alpha value is -2.26. The molecular formula is C20H32N8O. The van der Waals surface area contributed by atoms with Gasteiger partial charge in [-0.25, -0.2) is 0 Å². The minimum Gasteiger partial charge on any atom is -0.339 e. The van der Waals surface area contributed by atoms with E-state index in [0.29, 0.717) is 19.0 Å². The maximum absolute atomic E-state index is 12.6. The first-order valence-corrected chi connectivity index (χ1v) is 10.7. The van der Waals surface area contributed by atoms with E-state index in [1.165, 1.54) is 0 Å². The van der Waals surface area contributed by atoms with Crippen molar-refractivity contribution in [1.29, 1.82) is 0 Å². The molecule has 0 atom stereocenters. The number of carbonyl (C=O) groups is 1. The van der Waals surface area contributed by atoms with Crippen LogP contribution in [0.4, 0.5) is 0 Å². The van der Waals surface area contributed by atoms with Crippen LogP contribution in [0.5, 0.6) is 0 Å². The fourth-order valence-electron chi connectivity index (χ4n) is 4.35. The lowest BCUT2D eigenvalue weighted by Gasteiger charge is -2.36. The highest BCUT2D eigenvalue weighted by molar-refractivity contribution is 5.78. The third-order valence-corrected chi connectivity index (χ3v) is 6.20. The van der Waals surface area contributed by atoms with Crippen LogP contribution in [0.2, 0.25) is 0 Å². The molecule has 2 aromatic rings. The van der Waals surface area contributed by atoms with Crippen LogP contribution in [0.15, 0.2) is 18.5 Å². The zero-order chi connectivity index (χ0) is 20.2. The number of nitrogens with zero attached hydrogens (tertiary/aromatic N) is 8. The third-order valence-electron chi connectivity index (χ3n) is 6.20. The van der Waals surface area contributed by atoms with Crippen molar-refractivity contribution < 1.29 is 4.79 Å². The minimum atomic E-state index is 0.273. The molecule has 9 heteroatoms. The monoisotopic (exact) mass is 400 g/mol. The lowest BCUT2D eigenvalue weighted by molar-refractivity contribution is -0.134. The van der Waals surface area contributed by atoms with E-state index >= 15 is 0 Å². The maximum Gasteiger partial charge on any atom is 0.236 e. The molecule has 29 heavy (non-hydrogen) atoms. The fraction of sp³-hybridized carbons (Fsp3) is 0.700. The number of amides is 1. The summed E-state index contributed by atoms with van der Waals surface area (Å²) in [6.07, 6.45) is 5.78. The number of piperazine rings is 1. The average Bonchev–Trinajstić information content (AvgIpc) is 3.39. The Balaban J connectivity index is 1.31. The molecule has 0 radical (unpaired) electrons. The first-order chi connectivity index (χ1) is 14.1. The molecule has 0 unspecified atom stereocenters. The number of hydrogen-bond donors (Lipinski definition) is 0. The number of hydrogen-bond acceptors (Lipinski definition) is 6. The zero-order valence-corrected chi connectivity index (χ0v) is 17.6. The van der Waals surface area contributed by atoms with Crippen molar-refractivity contribution in [3.63, 3.8) is 0 Å². The van der Waals surface area contributed by atoms with Gasteiger partial charge in [0, 0.05) is 51.0 Å². The highest BCUT2D eigenvalue weighted by Gasteiger charge is 2.28. The molecule has 2 saturated heterocycles. The molecule has 4 heterocycles. The van der Waals surface area contributed by atoms with Gasteiger partial charge in [-0.3, -0.25) is 14.4 Å². The Morgan fingerprint density at radius 1 is 1.10 bits per heavy atom. The molecule has 0 spiro atoms. The number of piperidine rings is 1. The van der Waals surface area contributed by atoms with E-state index in [0.717, 1.165) is 70.3 Å². The van der Waals surface area contributed by atoms with Crippen molar-refractivity contribution in [2.24, 2.45) is 0 Å². The van der Waals surface area contributed by atoms with Crippen LogP contribution in [0.3, 0.4) is 0 Å². The molecule has 0 bridgehead atoms. The number of rotatable bonds is 6. The van der Waals surface area contributed by atoms with E-state index < -0.39 is 0 Å². The number of likely N-dealkylation sites (N-methyl/N-ethyl adjacent to an activating group) is 1. The summed E-state index contributed by atoms with van der Waals surface area (Å²) in [5, 5.41) is 13.3. The van der Waals surface area contributed by atoms with Crippen molar-refractivity contribution >= 4 is 5.91 Å². The second kappa shape index (κ2) is 9.04. The summed E-state index contributed by atoms with van der Waals surface area (Å²) in [7, 11) is 2.11. The van der Waals surface area contributed by atoms with Gasteiger partial charge in [0.2, 0.25) is 5.91 Å². The molecule has 0 aromatic carbocycles. The van der Waals surface area contributed by atoms with Gasteiger partial charge in [0.15, 0.2) is 5.82 Å². The van der Waals surface area contributed by atoms with E-state index in [1.807, 2.05) is 21.8 Å². The first kappa shape index (κ1) is 20.0. The second-order valence-electron chi connectivity index (χ2n) is 8.16. The highest BCUT2D eigenvalue weighted by Crippen LogP contribution is 2.27. The van der Waals surface area contributed by atoms with Crippen molar-refractivity contribution in [1.82, 2.24) is 39.2 Å². The molecule has 2 aliphatic heterocycles. The van der Waals surface area contributed by atoms with Crippen molar-refractivity contribution in [3.8, 4) is 0 Å². The molecule has 2 fully saturated rings. The highest BCUT2D eigenvalue weighted by atomic mass is 16.2. The van der Waals surface area contributed by atoms with Crippen molar-refractivity contribution in [2.75, 3.05) is 52.9 Å². The molecule has 2 aliphatic rings. The van der Waals surface area contributed by atoms with Gasteiger partial charge in [0.25, 0.3) is 0 Å². The summed E-state index contributed by atoms with van der Waals surface area (Å²) >= 11 is 0. The van der Waals surface area contributed by atoms with Gasteiger partial charge in [-0.2, -0.15) is 5.10 Å². The first-order valence-electron chi connectivity index (χ1n) is 10.7. The molecule has 0 saturated carbocycles. The lowest BCUT2D eigenvalue weighted by atomic mass is 9.96. The summed E-state index contributed by atoms with van der Waals surface area (Å²) in [6, 6.07) is 1.92. The van der Waals surface area contributed by atoms with Gasteiger partial charge >= 0.3 is 0 Å². The van der Waals surface area contributed by atoms with Crippen LogP contribution in [-0.2, 0) is 17.9 Å². The summed E-state index contributed by atoms with van der Waals surface area (Å²) in [5.41, 5.74) is 0. The van der Waals surface area contributed by atoms with Crippen LogP contribution in [0, 0.1) is 0 Å². The smallest absolute Gasteiger partial charge is 0.236 e. The number of aromatic nitrogens is 5. The third kappa shape index (κ3) is 4.67. The molecule has 0 aliphatic carbocycles. The van der Waals surface area contributed by atoms with Gasteiger partial charge in [-0.1, -0.05) is 0 Å². The van der Waals surface area contributed by atoms with Crippen LogP contribution < -0.4 is 0 Å². The summed E-state index contributed by atoms with van der Waals surface area (Å²) in [4.78, 5) is 19.2. The van der Waals surface area contributed by atoms with Crippen molar-refractivity contribution in [2.45, 2.75) is 38.8 Å². The van der Waals surface area contributed by atoms with Crippen LogP contribution in [0.25, 0.3) is 0 Å². The van der Waals surface area contributed by atoms with E-state index in [1.54, 1.807) is 6.20 Å². The molecule has 9 nitrogen and oxygen atoms in total. The fourth-order valence-corrected chi connectivity index (χ4v) is 4.35. The Morgan fingerprint density at radius 3 is 2.52 bits per heavy atom. The largest absolute Gasteiger partial charge is 0.339 e. The Labute approximate surface area is 172 Å². The van der Waals surface area contributed by atoms with Gasteiger partial charge < -0.3 is 14.4 Å². The average molecular weight is 401 g/mol. The summed E-state index contributed by atoms with van der Waals surface area (Å²) in [6.45, 7) is 9.72. The molecule has 0 N–H and O–H groups in total. The standard InChI is InChI=1S/C20H32N8O/c1-3-28-18(15-27-8-4-7-21-27)22-23-20(28)17-5-9-25(10-6-17)16-19(29)26-13-11-24(2)12-14-26/h4,7-8,17H,3,5-6,9-16H2,1-2H3. The summed E-state index contributed by atoms with van der Waals surface area (Å²) in [5.74, 6) is 2.72. The Kier molecular flexibility index (Phi) is 6.25. The maximum atomic E-state index is 12.6. The topological polar surface area (TPSA) is 75.3 Å². The molecule has 4 rings (SSSR count). The van der Waals surface area contributed by atoms with E-state index in [-0.39, 0.29) is 5.91 Å². The quantitative estimate of drug-likeness (QED) is 0.703. The van der Waals surface area contributed by atoms with E-state index in [4.69, 9.17) is 0 Å². The number of likely N-dealkylation sites (tertiary alicyclic amines) is 1. The summed E-state index contributed by atoms with van der Waals surface area (Å²) < 4.78 is 4.11. The normalized spacial score (nSPS) is 19.7.